The second-order valence-electron chi connectivity index (χ2n) is 4.78. The van der Waals surface area contributed by atoms with Gasteiger partial charge in [0.05, 0.1) is 6.10 Å². The van der Waals surface area contributed by atoms with Crippen molar-refractivity contribution in [1.82, 2.24) is 9.97 Å². The Hall–Kier alpha value is -1.36. The molecule has 2 heterocycles. The lowest BCUT2D eigenvalue weighted by atomic mass is 10.2. The summed E-state index contributed by atoms with van der Waals surface area (Å²) < 4.78 is 0. The first kappa shape index (κ1) is 13.1. The summed E-state index contributed by atoms with van der Waals surface area (Å²) in [7, 11) is 0. The quantitative estimate of drug-likeness (QED) is 0.752. The molecule has 18 heavy (non-hydrogen) atoms. The molecular weight excluding hydrogens is 228 g/mol. The van der Waals surface area contributed by atoms with E-state index in [0.29, 0.717) is 6.54 Å². The Morgan fingerprint density at radius 3 is 3.06 bits per heavy atom. The molecule has 0 aromatic carbocycles. The first-order valence-corrected chi connectivity index (χ1v) is 6.78. The highest BCUT2D eigenvalue weighted by molar-refractivity contribution is 5.49. The molecule has 2 rings (SSSR count). The number of nitrogens with one attached hydrogen (secondary N) is 1. The average molecular weight is 250 g/mol. The summed E-state index contributed by atoms with van der Waals surface area (Å²) >= 11 is 0. The van der Waals surface area contributed by atoms with Crippen LogP contribution in [0.3, 0.4) is 0 Å². The summed E-state index contributed by atoms with van der Waals surface area (Å²) in [6.07, 6.45) is 5.82. The van der Waals surface area contributed by atoms with E-state index in [1.54, 1.807) is 6.33 Å². The van der Waals surface area contributed by atoms with E-state index in [1.807, 2.05) is 6.07 Å². The predicted molar refractivity (Wildman–Crippen MR) is 72.9 cm³/mol. The Kier molecular flexibility index (Phi) is 4.75. The minimum absolute atomic E-state index is 0.221. The predicted octanol–water partition coefficient (Wildman–Crippen LogP) is 1.65. The number of aliphatic hydroxyl groups excluding tert-OH is 1. The topological polar surface area (TPSA) is 61.3 Å². The number of aromatic nitrogens is 2. The van der Waals surface area contributed by atoms with Crippen LogP contribution in [-0.2, 0) is 0 Å². The molecule has 0 amide bonds. The number of hydrogen-bond acceptors (Lipinski definition) is 5. The van der Waals surface area contributed by atoms with Gasteiger partial charge in [-0.05, 0) is 12.8 Å². The minimum atomic E-state index is -0.221. The van der Waals surface area contributed by atoms with Crippen LogP contribution < -0.4 is 10.2 Å². The van der Waals surface area contributed by atoms with Crippen molar-refractivity contribution in [3.8, 4) is 0 Å². The Balaban J connectivity index is 1.89. The van der Waals surface area contributed by atoms with Gasteiger partial charge >= 0.3 is 0 Å². The standard InChI is InChI=1S/C13H22N4O/c1-2-3-4-6-14-12-8-13(16-10-15-12)17-7-5-11(18)9-17/h8,10-11,18H,2-7,9H2,1H3,(H,14,15,16). The van der Waals surface area contributed by atoms with Gasteiger partial charge in [0, 0.05) is 25.7 Å². The first-order valence-electron chi connectivity index (χ1n) is 6.78. The summed E-state index contributed by atoms with van der Waals surface area (Å²) in [6.45, 7) is 4.69. The molecule has 1 fully saturated rings. The van der Waals surface area contributed by atoms with Crippen molar-refractivity contribution in [3.05, 3.63) is 12.4 Å². The molecule has 1 aliphatic rings. The van der Waals surface area contributed by atoms with E-state index in [2.05, 4.69) is 27.1 Å². The van der Waals surface area contributed by atoms with E-state index >= 15 is 0 Å². The number of anilines is 2. The molecule has 100 valence electrons. The Labute approximate surface area is 108 Å². The van der Waals surface area contributed by atoms with Crippen LogP contribution >= 0.6 is 0 Å². The SMILES string of the molecule is CCCCCNc1cc(N2CCC(O)C2)ncn1. The zero-order chi connectivity index (χ0) is 12.8. The number of aliphatic hydroxyl groups is 1. The van der Waals surface area contributed by atoms with E-state index in [4.69, 9.17) is 0 Å². The van der Waals surface area contributed by atoms with Crippen molar-refractivity contribution in [2.24, 2.45) is 0 Å². The Morgan fingerprint density at radius 2 is 2.33 bits per heavy atom. The molecule has 0 saturated carbocycles. The lowest BCUT2D eigenvalue weighted by Gasteiger charge is -2.17. The van der Waals surface area contributed by atoms with E-state index in [0.717, 1.165) is 37.6 Å². The van der Waals surface area contributed by atoms with Gasteiger partial charge in [-0.15, -0.1) is 0 Å². The van der Waals surface area contributed by atoms with Gasteiger partial charge in [0.2, 0.25) is 0 Å². The largest absolute Gasteiger partial charge is 0.391 e. The van der Waals surface area contributed by atoms with Crippen LogP contribution in [0.15, 0.2) is 12.4 Å². The summed E-state index contributed by atoms with van der Waals surface area (Å²) in [5.74, 6) is 1.78. The molecular formula is C13H22N4O. The third kappa shape index (κ3) is 3.57. The lowest BCUT2D eigenvalue weighted by molar-refractivity contribution is 0.198. The van der Waals surface area contributed by atoms with Crippen molar-refractivity contribution in [2.75, 3.05) is 29.9 Å². The van der Waals surface area contributed by atoms with E-state index in [9.17, 15) is 5.11 Å². The fourth-order valence-electron chi connectivity index (χ4n) is 2.16. The molecule has 0 radical (unpaired) electrons. The maximum Gasteiger partial charge on any atom is 0.134 e. The van der Waals surface area contributed by atoms with Crippen molar-refractivity contribution in [2.45, 2.75) is 38.7 Å². The molecule has 5 heteroatoms. The molecule has 0 spiro atoms. The fourth-order valence-corrected chi connectivity index (χ4v) is 2.16. The van der Waals surface area contributed by atoms with E-state index in [-0.39, 0.29) is 6.10 Å². The summed E-state index contributed by atoms with van der Waals surface area (Å²) in [5, 5.41) is 12.8. The van der Waals surface area contributed by atoms with Crippen molar-refractivity contribution in [1.29, 1.82) is 0 Å². The van der Waals surface area contributed by atoms with Crippen LogP contribution in [0.4, 0.5) is 11.6 Å². The fraction of sp³-hybridized carbons (Fsp3) is 0.692. The monoisotopic (exact) mass is 250 g/mol. The van der Waals surface area contributed by atoms with Gasteiger partial charge in [0.1, 0.15) is 18.0 Å². The molecule has 1 aromatic rings. The maximum absolute atomic E-state index is 9.53. The maximum atomic E-state index is 9.53. The third-order valence-corrected chi connectivity index (χ3v) is 3.23. The van der Waals surface area contributed by atoms with Crippen LogP contribution in [0, 0.1) is 0 Å². The summed E-state index contributed by atoms with van der Waals surface area (Å²) in [4.78, 5) is 10.6. The van der Waals surface area contributed by atoms with Gasteiger partial charge in [-0.2, -0.15) is 0 Å². The van der Waals surface area contributed by atoms with Crippen LogP contribution in [0.5, 0.6) is 0 Å². The number of β-amino-alcohol motifs (C(OH)–C–C–N with tert-alkyl or cyclic N) is 1. The number of hydrogen-bond donors (Lipinski definition) is 2. The zero-order valence-electron chi connectivity index (χ0n) is 11.0. The van der Waals surface area contributed by atoms with Crippen LogP contribution in [0.1, 0.15) is 32.6 Å². The van der Waals surface area contributed by atoms with Gasteiger partial charge in [-0.3, -0.25) is 0 Å². The van der Waals surface area contributed by atoms with Gasteiger partial charge in [0.15, 0.2) is 0 Å². The highest BCUT2D eigenvalue weighted by atomic mass is 16.3. The first-order chi connectivity index (χ1) is 8.79. The molecule has 1 aromatic heterocycles. The number of unbranched alkanes of at least 4 members (excludes halogenated alkanes) is 2. The number of nitrogens with zero attached hydrogens (tertiary/aromatic N) is 3. The number of rotatable bonds is 6. The summed E-state index contributed by atoms with van der Waals surface area (Å²) in [6, 6.07) is 1.96. The molecule has 0 bridgehead atoms. The molecule has 1 aliphatic heterocycles. The average Bonchev–Trinajstić information content (AvgIpc) is 2.82. The lowest BCUT2D eigenvalue weighted by Crippen LogP contribution is -2.22. The summed E-state index contributed by atoms with van der Waals surface area (Å²) in [5.41, 5.74) is 0. The van der Waals surface area contributed by atoms with Crippen molar-refractivity contribution in [3.63, 3.8) is 0 Å². The Bertz CT molecular complexity index is 372. The van der Waals surface area contributed by atoms with Gasteiger partial charge in [-0.1, -0.05) is 19.8 Å². The van der Waals surface area contributed by atoms with Crippen LogP contribution in [0.2, 0.25) is 0 Å². The normalized spacial score (nSPS) is 19.2. The van der Waals surface area contributed by atoms with Crippen molar-refractivity contribution < 1.29 is 5.11 Å². The van der Waals surface area contributed by atoms with Gasteiger partial charge in [0.25, 0.3) is 0 Å². The molecule has 1 atom stereocenters. The Morgan fingerprint density at radius 1 is 1.44 bits per heavy atom. The second kappa shape index (κ2) is 6.54. The van der Waals surface area contributed by atoms with Crippen molar-refractivity contribution >= 4 is 11.6 Å². The van der Waals surface area contributed by atoms with Crippen LogP contribution in [-0.4, -0.2) is 40.8 Å². The molecule has 5 nitrogen and oxygen atoms in total. The van der Waals surface area contributed by atoms with E-state index < -0.39 is 0 Å². The minimum Gasteiger partial charge on any atom is -0.391 e. The molecule has 1 unspecified atom stereocenters. The third-order valence-electron chi connectivity index (χ3n) is 3.23. The van der Waals surface area contributed by atoms with Gasteiger partial charge in [-0.25, -0.2) is 9.97 Å². The highest BCUT2D eigenvalue weighted by Gasteiger charge is 2.21. The molecule has 2 N–H and O–H groups in total. The van der Waals surface area contributed by atoms with E-state index in [1.165, 1.54) is 12.8 Å². The molecule has 0 aliphatic carbocycles. The second-order valence-corrected chi connectivity index (χ2v) is 4.78. The molecule has 1 saturated heterocycles. The highest BCUT2D eigenvalue weighted by Crippen LogP contribution is 2.19. The van der Waals surface area contributed by atoms with Crippen LogP contribution in [0.25, 0.3) is 0 Å². The smallest absolute Gasteiger partial charge is 0.134 e. The zero-order valence-corrected chi connectivity index (χ0v) is 11.0. The van der Waals surface area contributed by atoms with Gasteiger partial charge < -0.3 is 15.3 Å².